The zero-order valence-corrected chi connectivity index (χ0v) is 9.52. The van der Waals surface area contributed by atoms with Gasteiger partial charge in [0.25, 0.3) is 0 Å². The average molecular weight is 227 g/mol. The third-order valence-electron chi connectivity index (χ3n) is 2.14. The lowest BCUT2D eigenvalue weighted by Crippen LogP contribution is -1.73. The zero-order chi connectivity index (χ0) is 11.2. The van der Waals surface area contributed by atoms with Crippen LogP contribution in [0.5, 0.6) is 0 Å². The highest BCUT2D eigenvalue weighted by molar-refractivity contribution is 7.79. The SMILES string of the molecule is [S]Cc1ccc(N=Nc2ccccc2)cc1. The highest BCUT2D eigenvalue weighted by atomic mass is 32.1. The van der Waals surface area contributed by atoms with E-state index in [0.29, 0.717) is 5.75 Å². The Hall–Kier alpha value is -1.61. The molecule has 0 N–H and O–H groups in total. The van der Waals surface area contributed by atoms with E-state index in [-0.39, 0.29) is 0 Å². The van der Waals surface area contributed by atoms with E-state index in [1.807, 2.05) is 54.6 Å². The molecule has 1 radical (unpaired) electrons. The van der Waals surface area contributed by atoms with Crippen molar-refractivity contribution in [3.8, 4) is 0 Å². The fourth-order valence-corrected chi connectivity index (χ4v) is 1.46. The van der Waals surface area contributed by atoms with E-state index >= 15 is 0 Å². The van der Waals surface area contributed by atoms with Gasteiger partial charge in [0, 0.05) is 5.75 Å². The second-order valence-electron chi connectivity index (χ2n) is 3.35. The quantitative estimate of drug-likeness (QED) is 0.673. The van der Waals surface area contributed by atoms with Crippen LogP contribution in [-0.4, -0.2) is 0 Å². The molecule has 2 aromatic rings. The lowest BCUT2D eigenvalue weighted by molar-refractivity contribution is 1.23. The van der Waals surface area contributed by atoms with Gasteiger partial charge in [0.15, 0.2) is 0 Å². The fraction of sp³-hybridized carbons (Fsp3) is 0.0769. The van der Waals surface area contributed by atoms with Gasteiger partial charge in [-0.2, -0.15) is 10.2 Å². The zero-order valence-electron chi connectivity index (χ0n) is 8.71. The molecule has 3 heteroatoms. The molecule has 79 valence electrons. The summed E-state index contributed by atoms with van der Waals surface area (Å²) in [6.45, 7) is 0. The molecular formula is C13H11N2S. The van der Waals surface area contributed by atoms with Gasteiger partial charge in [-0.15, -0.1) is 0 Å². The molecule has 16 heavy (non-hydrogen) atoms. The van der Waals surface area contributed by atoms with E-state index in [4.69, 9.17) is 12.6 Å². The van der Waals surface area contributed by atoms with Crippen LogP contribution in [0.2, 0.25) is 0 Å². The molecule has 0 fully saturated rings. The highest BCUT2D eigenvalue weighted by Gasteiger charge is 1.91. The van der Waals surface area contributed by atoms with Gasteiger partial charge in [0.05, 0.1) is 11.4 Å². The van der Waals surface area contributed by atoms with Crippen molar-refractivity contribution in [3.63, 3.8) is 0 Å². The molecule has 0 aliphatic carbocycles. The molecule has 0 spiro atoms. The predicted octanol–water partition coefficient (Wildman–Crippen LogP) is 4.80. The molecule has 0 aliphatic heterocycles. The Morgan fingerprint density at radius 1 is 0.750 bits per heavy atom. The molecule has 0 aliphatic rings. The first-order valence-corrected chi connectivity index (χ1v) is 5.60. The highest BCUT2D eigenvalue weighted by Crippen LogP contribution is 2.18. The van der Waals surface area contributed by atoms with Gasteiger partial charge >= 0.3 is 0 Å². The van der Waals surface area contributed by atoms with E-state index in [1.165, 1.54) is 0 Å². The minimum absolute atomic E-state index is 0.635. The topological polar surface area (TPSA) is 24.7 Å². The summed E-state index contributed by atoms with van der Waals surface area (Å²) in [6.07, 6.45) is 0. The molecule has 0 saturated heterocycles. The maximum Gasteiger partial charge on any atom is 0.0857 e. The number of rotatable bonds is 3. The van der Waals surface area contributed by atoms with Crippen LogP contribution < -0.4 is 0 Å². The molecule has 2 nitrogen and oxygen atoms in total. The standard InChI is InChI=1S/C13H11N2S/c16-10-11-6-8-13(9-7-11)15-14-12-4-2-1-3-5-12/h1-9H,10H2. The lowest BCUT2D eigenvalue weighted by Gasteiger charge is -1.95. The Morgan fingerprint density at radius 2 is 1.31 bits per heavy atom. The summed E-state index contributed by atoms with van der Waals surface area (Å²) in [6, 6.07) is 17.5. The van der Waals surface area contributed by atoms with Crippen molar-refractivity contribution in [3.05, 3.63) is 60.2 Å². The van der Waals surface area contributed by atoms with Crippen LogP contribution >= 0.6 is 12.6 Å². The summed E-state index contributed by atoms with van der Waals surface area (Å²) in [4.78, 5) is 0. The molecular weight excluding hydrogens is 216 g/mol. The van der Waals surface area contributed by atoms with E-state index in [1.54, 1.807) is 0 Å². The number of hydrogen-bond acceptors (Lipinski definition) is 2. The minimum atomic E-state index is 0.635. The summed E-state index contributed by atoms with van der Waals surface area (Å²) in [5, 5.41) is 8.27. The maximum absolute atomic E-state index is 4.95. The van der Waals surface area contributed by atoms with Gasteiger partial charge in [-0.05, 0) is 29.8 Å². The monoisotopic (exact) mass is 227 g/mol. The van der Waals surface area contributed by atoms with Crippen LogP contribution in [0.25, 0.3) is 0 Å². The fourth-order valence-electron chi connectivity index (χ4n) is 1.27. The largest absolute Gasteiger partial charge is 0.151 e. The van der Waals surface area contributed by atoms with E-state index in [9.17, 15) is 0 Å². The van der Waals surface area contributed by atoms with Crippen molar-refractivity contribution in [2.45, 2.75) is 5.75 Å². The van der Waals surface area contributed by atoms with Gasteiger partial charge in [-0.1, -0.05) is 43.0 Å². The predicted molar refractivity (Wildman–Crippen MR) is 68.4 cm³/mol. The van der Waals surface area contributed by atoms with Crippen LogP contribution in [0.4, 0.5) is 11.4 Å². The van der Waals surface area contributed by atoms with Gasteiger partial charge in [0.1, 0.15) is 0 Å². The van der Waals surface area contributed by atoms with Crippen molar-refractivity contribution in [1.29, 1.82) is 0 Å². The Morgan fingerprint density at radius 3 is 1.88 bits per heavy atom. The summed E-state index contributed by atoms with van der Waals surface area (Å²) in [5.74, 6) is 0.635. The first kappa shape index (κ1) is 10.9. The van der Waals surface area contributed by atoms with Crippen LogP contribution in [0, 0.1) is 0 Å². The summed E-state index contributed by atoms with van der Waals surface area (Å²) in [5.41, 5.74) is 2.83. The van der Waals surface area contributed by atoms with Crippen molar-refractivity contribution < 1.29 is 0 Å². The van der Waals surface area contributed by atoms with Crippen molar-refractivity contribution >= 4 is 24.0 Å². The van der Waals surface area contributed by atoms with Crippen LogP contribution in [0.15, 0.2) is 64.8 Å². The first-order chi connectivity index (χ1) is 7.88. The number of benzene rings is 2. The van der Waals surface area contributed by atoms with Crippen LogP contribution in [0.1, 0.15) is 5.56 Å². The molecule has 0 saturated carbocycles. The second-order valence-corrected chi connectivity index (χ2v) is 3.64. The number of azo groups is 1. The smallest absolute Gasteiger partial charge is 0.0857 e. The van der Waals surface area contributed by atoms with Gasteiger partial charge < -0.3 is 0 Å². The van der Waals surface area contributed by atoms with Gasteiger partial charge in [0.2, 0.25) is 0 Å². The molecule has 0 bridgehead atoms. The Kier molecular flexibility index (Phi) is 3.72. The van der Waals surface area contributed by atoms with Gasteiger partial charge in [-0.3, -0.25) is 0 Å². The third-order valence-corrected chi connectivity index (χ3v) is 2.47. The Labute approximate surface area is 100 Å². The Bertz CT molecular complexity index is 463. The third kappa shape index (κ3) is 2.94. The molecule has 0 heterocycles. The maximum atomic E-state index is 4.95. The number of hydrogen-bond donors (Lipinski definition) is 0. The average Bonchev–Trinajstić information content (AvgIpc) is 2.38. The molecule has 0 aromatic heterocycles. The van der Waals surface area contributed by atoms with E-state index in [2.05, 4.69) is 10.2 Å². The lowest BCUT2D eigenvalue weighted by atomic mass is 10.2. The molecule has 2 aromatic carbocycles. The summed E-state index contributed by atoms with van der Waals surface area (Å²) >= 11 is 4.95. The second kappa shape index (κ2) is 5.47. The molecule has 0 unspecified atom stereocenters. The van der Waals surface area contributed by atoms with Crippen LogP contribution in [-0.2, 0) is 5.75 Å². The van der Waals surface area contributed by atoms with Crippen molar-refractivity contribution in [2.24, 2.45) is 10.2 Å². The minimum Gasteiger partial charge on any atom is -0.151 e. The van der Waals surface area contributed by atoms with Crippen LogP contribution in [0.3, 0.4) is 0 Å². The number of nitrogens with zero attached hydrogens (tertiary/aromatic N) is 2. The van der Waals surface area contributed by atoms with E-state index in [0.717, 1.165) is 16.9 Å². The van der Waals surface area contributed by atoms with Crippen molar-refractivity contribution in [2.75, 3.05) is 0 Å². The Balaban J connectivity index is 2.12. The van der Waals surface area contributed by atoms with Gasteiger partial charge in [-0.25, -0.2) is 0 Å². The molecule has 0 atom stereocenters. The van der Waals surface area contributed by atoms with Crippen molar-refractivity contribution in [1.82, 2.24) is 0 Å². The summed E-state index contributed by atoms with van der Waals surface area (Å²) < 4.78 is 0. The van der Waals surface area contributed by atoms with E-state index < -0.39 is 0 Å². The normalized spacial score (nSPS) is 10.8. The molecule has 2 rings (SSSR count). The first-order valence-electron chi connectivity index (χ1n) is 5.02. The summed E-state index contributed by atoms with van der Waals surface area (Å²) in [7, 11) is 0. The molecule has 0 amide bonds.